The van der Waals surface area contributed by atoms with Crippen LogP contribution in [0.15, 0.2) is 18.6 Å². The lowest BCUT2D eigenvalue weighted by atomic mass is 10.4. The second kappa shape index (κ2) is 2.08. The summed E-state index contributed by atoms with van der Waals surface area (Å²) in [6.45, 7) is 0. The maximum absolute atomic E-state index is 6.60. The Kier molecular flexibility index (Phi) is 1.25. The summed E-state index contributed by atoms with van der Waals surface area (Å²) in [5, 5.41) is 0. The molecular formula is C6H3N2. The molecule has 0 fully saturated rings. The molecule has 0 aliphatic heterocycles. The van der Waals surface area contributed by atoms with Crippen LogP contribution in [-0.4, -0.2) is 9.97 Å². The van der Waals surface area contributed by atoms with Crippen LogP contribution in [0, 0.1) is 12.3 Å². The molecule has 0 bridgehead atoms. The zero-order valence-corrected chi connectivity index (χ0v) is 4.13. The molecule has 0 unspecified atom stereocenters. The van der Waals surface area contributed by atoms with E-state index >= 15 is 0 Å². The molecular weight excluding hydrogens is 100 g/mol. The Hall–Kier alpha value is -1.36. The summed E-state index contributed by atoms with van der Waals surface area (Å²) in [6, 6.07) is 1.62. The molecule has 0 saturated heterocycles. The van der Waals surface area contributed by atoms with Crippen molar-refractivity contribution in [2.24, 2.45) is 0 Å². The quantitative estimate of drug-likeness (QED) is 0.444. The van der Waals surface area contributed by atoms with Gasteiger partial charge in [-0.05, 0) is 18.4 Å². The molecule has 0 spiro atoms. The molecule has 0 aromatic carbocycles. The van der Waals surface area contributed by atoms with Gasteiger partial charge in [0.2, 0.25) is 0 Å². The van der Waals surface area contributed by atoms with E-state index in [4.69, 9.17) is 6.42 Å². The van der Waals surface area contributed by atoms with Gasteiger partial charge >= 0.3 is 0 Å². The summed E-state index contributed by atoms with van der Waals surface area (Å²) in [6.07, 6.45) is 9.56. The van der Waals surface area contributed by atoms with Crippen LogP contribution in [0.1, 0.15) is 5.69 Å². The molecule has 1 rings (SSSR count). The van der Waals surface area contributed by atoms with Gasteiger partial charge in [-0.15, -0.1) is 0 Å². The first-order chi connectivity index (χ1) is 3.93. The SMILES string of the molecule is [C]#Cc1ccncn1. The monoisotopic (exact) mass is 103 g/mol. The van der Waals surface area contributed by atoms with Gasteiger partial charge in [0.15, 0.2) is 0 Å². The van der Waals surface area contributed by atoms with Crippen molar-refractivity contribution in [1.29, 1.82) is 0 Å². The van der Waals surface area contributed by atoms with Crippen molar-refractivity contribution in [1.82, 2.24) is 9.97 Å². The van der Waals surface area contributed by atoms with Crippen LogP contribution in [0.25, 0.3) is 0 Å². The fourth-order valence-corrected chi connectivity index (χ4v) is 0.365. The fraction of sp³-hybridized carbons (Fsp3) is 0. The van der Waals surface area contributed by atoms with Gasteiger partial charge in [-0.25, -0.2) is 9.97 Å². The Labute approximate surface area is 47.6 Å². The first-order valence-corrected chi connectivity index (χ1v) is 2.12. The summed E-state index contributed by atoms with van der Waals surface area (Å²) in [5.74, 6) is 2.13. The molecule has 0 aliphatic carbocycles. The van der Waals surface area contributed by atoms with Gasteiger partial charge in [-0.2, -0.15) is 0 Å². The first-order valence-electron chi connectivity index (χ1n) is 2.12. The van der Waals surface area contributed by atoms with Crippen LogP contribution < -0.4 is 0 Å². The maximum atomic E-state index is 6.60. The second-order valence-corrected chi connectivity index (χ2v) is 1.22. The lowest BCUT2D eigenvalue weighted by molar-refractivity contribution is 1.15. The van der Waals surface area contributed by atoms with E-state index in [1.165, 1.54) is 6.33 Å². The minimum atomic E-state index is 0.514. The van der Waals surface area contributed by atoms with Crippen molar-refractivity contribution in [2.75, 3.05) is 0 Å². The van der Waals surface area contributed by atoms with Crippen molar-refractivity contribution in [2.45, 2.75) is 0 Å². The predicted octanol–water partition coefficient (Wildman–Crippen LogP) is 0.414. The van der Waals surface area contributed by atoms with Crippen LogP contribution in [0.2, 0.25) is 0 Å². The van der Waals surface area contributed by atoms with Crippen LogP contribution in [0.3, 0.4) is 0 Å². The van der Waals surface area contributed by atoms with Crippen molar-refractivity contribution < 1.29 is 0 Å². The highest BCUT2D eigenvalue weighted by Crippen LogP contribution is 1.83. The van der Waals surface area contributed by atoms with Gasteiger partial charge in [-0.1, -0.05) is 0 Å². The van der Waals surface area contributed by atoms with Gasteiger partial charge in [0, 0.05) is 6.20 Å². The molecule has 0 aliphatic rings. The number of hydrogen-bond acceptors (Lipinski definition) is 2. The van der Waals surface area contributed by atoms with Crippen molar-refractivity contribution in [3.63, 3.8) is 0 Å². The molecule has 0 saturated carbocycles. The fourth-order valence-electron chi connectivity index (χ4n) is 0.365. The number of aromatic nitrogens is 2. The maximum Gasteiger partial charge on any atom is 0.117 e. The predicted molar refractivity (Wildman–Crippen MR) is 28.3 cm³/mol. The van der Waals surface area contributed by atoms with Gasteiger partial charge in [-0.3, -0.25) is 0 Å². The zero-order valence-electron chi connectivity index (χ0n) is 4.13. The zero-order chi connectivity index (χ0) is 5.82. The third-order valence-electron chi connectivity index (χ3n) is 0.710. The summed E-state index contributed by atoms with van der Waals surface area (Å²) in [4.78, 5) is 7.35. The molecule has 0 N–H and O–H groups in total. The molecule has 1 heterocycles. The first kappa shape index (κ1) is 4.79. The summed E-state index contributed by atoms with van der Waals surface area (Å²) >= 11 is 0. The van der Waals surface area contributed by atoms with E-state index in [9.17, 15) is 0 Å². The normalized spacial score (nSPS) is 7.88. The van der Waals surface area contributed by atoms with Crippen molar-refractivity contribution in [3.8, 4) is 5.92 Å². The second-order valence-electron chi connectivity index (χ2n) is 1.22. The molecule has 1 radical (unpaired) electrons. The standard InChI is InChI=1S/C6H3N2/c1-2-6-3-4-7-5-8-6/h3-5H. The Morgan fingerprint density at radius 3 is 2.88 bits per heavy atom. The number of hydrogen-bond donors (Lipinski definition) is 0. The van der Waals surface area contributed by atoms with Crippen LogP contribution in [-0.2, 0) is 0 Å². The third kappa shape index (κ3) is 0.824. The molecule has 37 valence electrons. The highest BCUT2D eigenvalue weighted by atomic mass is 14.8. The average Bonchev–Trinajstić information content (AvgIpc) is 1.90. The highest BCUT2D eigenvalue weighted by Gasteiger charge is 1.79. The largest absolute Gasteiger partial charge is 0.245 e. The minimum Gasteiger partial charge on any atom is -0.245 e. The Morgan fingerprint density at radius 2 is 2.50 bits per heavy atom. The van der Waals surface area contributed by atoms with Gasteiger partial charge in [0.1, 0.15) is 12.0 Å². The van der Waals surface area contributed by atoms with E-state index in [0.717, 1.165) is 0 Å². The molecule has 0 atom stereocenters. The van der Waals surface area contributed by atoms with Gasteiger partial charge in [0.05, 0.1) is 0 Å². The van der Waals surface area contributed by atoms with E-state index in [1.807, 2.05) is 0 Å². The number of rotatable bonds is 0. The summed E-state index contributed by atoms with van der Waals surface area (Å²) in [7, 11) is 0. The Morgan fingerprint density at radius 1 is 1.62 bits per heavy atom. The highest BCUT2D eigenvalue weighted by molar-refractivity contribution is 5.17. The molecule has 2 heteroatoms. The molecule has 0 amide bonds. The van der Waals surface area contributed by atoms with Crippen LogP contribution >= 0.6 is 0 Å². The molecule has 1 aromatic heterocycles. The van der Waals surface area contributed by atoms with Crippen LogP contribution in [0.5, 0.6) is 0 Å². The van der Waals surface area contributed by atoms with Gasteiger partial charge < -0.3 is 0 Å². The lowest BCUT2D eigenvalue weighted by Gasteiger charge is -1.81. The van der Waals surface area contributed by atoms with E-state index in [1.54, 1.807) is 12.3 Å². The summed E-state index contributed by atoms with van der Waals surface area (Å²) < 4.78 is 0. The Bertz CT molecular complexity index is 198. The van der Waals surface area contributed by atoms with Crippen molar-refractivity contribution in [3.05, 3.63) is 30.7 Å². The smallest absolute Gasteiger partial charge is 0.117 e. The van der Waals surface area contributed by atoms with Crippen LogP contribution in [0.4, 0.5) is 0 Å². The van der Waals surface area contributed by atoms with E-state index in [2.05, 4.69) is 15.9 Å². The molecule has 2 nitrogen and oxygen atoms in total. The Balaban J connectivity index is 3.05. The topological polar surface area (TPSA) is 25.8 Å². The number of nitrogens with zero attached hydrogens (tertiary/aromatic N) is 2. The van der Waals surface area contributed by atoms with Gasteiger partial charge in [0.25, 0.3) is 0 Å². The third-order valence-corrected chi connectivity index (χ3v) is 0.710. The molecule has 8 heavy (non-hydrogen) atoms. The van der Waals surface area contributed by atoms with E-state index < -0.39 is 0 Å². The minimum absolute atomic E-state index is 0.514. The average molecular weight is 103 g/mol. The summed E-state index contributed by atoms with van der Waals surface area (Å²) in [5.41, 5.74) is 0.514. The lowest BCUT2D eigenvalue weighted by Crippen LogP contribution is -1.79. The van der Waals surface area contributed by atoms with E-state index in [0.29, 0.717) is 5.69 Å². The van der Waals surface area contributed by atoms with Crippen molar-refractivity contribution >= 4 is 0 Å². The molecule has 1 aromatic rings. The van der Waals surface area contributed by atoms with E-state index in [-0.39, 0.29) is 0 Å².